The lowest BCUT2D eigenvalue weighted by atomic mass is 10.2. The maximum absolute atomic E-state index is 12.4. The molecule has 2 heterocycles. The molecular weight excluding hydrogens is 376 g/mol. The summed E-state index contributed by atoms with van der Waals surface area (Å²) in [6.45, 7) is 2.20. The van der Waals surface area contributed by atoms with Crippen LogP contribution in [0.3, 0.4) is 0 Å². The number of anilines is 2. The molecule has 1 fully saturated rings. The second kappa shape index (κ2) is 7.94. The zero-order valence-electron chi connectivity index (χ0n) is 15.3. The summed E-state index contributed by atoms with van der Waals surface area (Å²) in [6, 6.07) is 15.5. The summed E-state index contributed by atoms with van der Waals surface area (Å²) in [5.41, 5.74) is 2.57. The number of hydrogen-bond acceptors (Lipinski definition) is 3. The van der Waals surface area contributed by atoms with Crippen LogP contribution in [-0.2, 0) is 16.1 Å². The number of carbonyl (C=O) groups is 2. The van der Waals surface area contributed by atoms with Gasteiger partial charge in [0.2, 0.25) is 11.8 Å². The third-order valence-corrected chi connectivity index (χ3v) is 5.17. The van der Waals surface area contributed by atoms with E-state index in [0.29, 0.717) is 36.8 Å². The lowest BCUT2D eigenvalue weighted by molar-refractivity contribution is -0.120. The molecule has 4 rings (SSSR count). The van der Waals surface area contributed by atoms with Gasteiger partial charge in [-0.1, -0.05) is 29.8 Å². The molecule has 144 valence electrons. The minimum Gasteiger partial charge on any atom is -0.359 e. The van der Waals surface area contributed by atoms with Gasteiger partial charge < -0.3 is 20.1 Å². The van der Waals surface area contributed by atoms with Gasteiger partial charge in [0, 0.05) is 43.5 Å². The summed E-state index contributed by atoms with van der Waals surface area (Å²) in [5.74, 6) is -0.0869. The van der Waals surface area contributed by atoms with Crippen LogP contribution in [0.4, 0.5) is 11.4 Å². The SMILES string of the molecule is O=C1CN(c2ccc(NC(=O)CCn3ccc4ccccc43)cc2Cl)CCN1. The van der Waals surface area contributed by atoms with Gasteiger partial charge in [0.15, 0.2) is 0 Å². The Morgan fingerprint density at radius 3 is 2.86 bits per heavy atom. The van der Waals surface area contributed by atoms with Crippen molar-refractivity contribution in [2.24, 2.45) is 0 Å². The Morgan fingerprint density at radius 1 is 1.18 bits per heavy atom. The lowest BCUT2D eigenvalue weighted by Gasteiger charge is -2.29. The van der Waals surface area contributed by atoms with Gasteiger partial charge in [-0.2, -0.15) is 0 Å². The van der Waals surface area contributed by atoms with Gasteiger partial charge in [-0.05, 0) is 35.7 Å². The predicted molar refractivity (Wildman–Crippen MR) is 112 cm³/mol. The number of nitrogens with zero attached hydrogens (tertiary/aromatic N) is 2. The highest BCUT2D eigenvalue weighted by Crippen LogP contribution is 2.29. The van der Waals surface area contributed by atoms with Crippen LogP contribution in [0.15, 0.2) is 54.7 Å². The van der Waals surface area contributed by atoms with Crippen LogP contribution >= 0.6 is 11.6 Å². The van der Waals surface area contributed by atoms with Crippen LogP contribution in [0.5, 0.6) is 0 Å². The van der Waals surface area contributed by atoms with Crippen LogP contribution in [0.2, 0.25) is 5.02 Å². The van der Waals surface area contributed by atoms with E-state index in [2.05, 4.69) is 21.3 Å². The maximum Gasteiger partial charge on any atom is 0.239 e. The van der Waals surface area contributed by atoms with E-state index in [1.54, 1.807) is 6.07 Å². The molecule has 0 aliphatic carbocycles. The molecule has 2 aromatic carbocycles. The van der Waals surface area contributed by atoms with Gasteiger partial charge >= 0.3 is 0 Å². The second-order valence-electron chi connectivity index (χ2n) is 6.80. The molecule has 2 amide bonds. The van der Waals surface area contributed by atoms with Crippen molar-refractivity contribution in [3.05, 3.63) is 59.8 Å². The van der Waals surface area contributed by atoms with Crippen molar-refractivity contribution in [2.75, 3.05) is 29.9 Å². The Balaban J connectivity index is 1.38. The van der Waals surface area contributed by atoms with E-state index in [1.807, 2.05) is 47.5 Å². The van der Waals surface area contributed by atoms with E-state index in [4.69, 9.17) is 11.6 Å². The number of para-hydroxylation sites is 1. The quantitative estimate of drug-likeness (QED) is 0.695. The molecule has 1 saturated heterocycles. The van der Waals surface area contributed by atoms with Crippen molar-refractivity contribution < 1.29 is 9.59 Å². The normalized spacial score (nSPS) is 14.2. The summed E-state index contributed by atoms with van der Waals surface area (Å²) < 4.78 is 2.08. The van der Waals surface area contributed by atoms with Gasteiger partial charge in [-0.15, -0.1) is 0 Å². The molecule has 0 radical (unpaired) electrons. The van der Waals surface area contributed by atoms with Crippen LogP contribution in [-0.4, -0.2) is 36.0 Å². The number of hydrogen-bond donors (Lipinski definition) is 2. The fraction of sp³-hybridized carbons (Fsp3) is 0.238. The molecule has 0 saturated carbocycles. The Hall–Kier alpha value is -2.99. The van der Waals surface area contributed by atoms with E-state index in [1.165, 1.54) is 0 Å². The first-order valence-corrected chi connectivity index (χ1v) is 9.63. The van der Waals surface area contributed by atoms with E-state index in [9.17, 15) is 9.59 Å². The molecule has 1 aromatic heterocycles. The molecule has 0 spiro atoms. The minimum absolute atomic E-state index is 0.0165. The fourth-order valence-corrected chi connectivity index (χ4v) is 3.77. The molecule has 7 heteroatoms. The molecule has 0 unspecified atom stereocenters. The number of carbonyl (C=O) groups excluding carboxylic acids is 2. The molecule has 3 aromatic rings. The smallest absolute Gasteiger partial charge is 0.239 e. The Morgan fingerprint density at radius 2 is 2.04 bits per heavy atom. The summed E-state index contributed by atoms with van der Waals surface area (Å²) in [7, 11) is 0. The molecule has 0 atom stereocenters. The van der Waals surface area contributed by atoms with E-state index >= 15 is 0 Å². The van der Waals surface area contributed by atoms with Crippen molar-refractivity contribution >= 4 is 45.7 Å². The largest absolute Gasteiger partial charge is 0.359 e. The first-order valence-electron chi connectivity index (χ1n) is 9.25. The van der Waals surface area contributed by atoms with Crippen molar-refractivity contribution in [1.82, 2.24) is 9.88 Å². The summed E-state index contributed by atoms with van der Waals surface area (Å²) in [4.78, 5) is 25.9. The van der Waals surface area contributed by atoms with Gasteiger partial charge in [-0.3, -0.25) is 9.59 Å². The molecular formula is C21H21ClN4O2. The Labute approximate surface area is 168 Å². The third-order valence-electron chi connectivity index (χ3n) is 4.87. The van der Waals surface area contributed by atoms with E-state index in [-0.39, 0.29) is 18.4 Å². The highest BCUT2D eigenvalue weighted by Gasteiger charge is 2.18. The Bertz CT molecular complexity index is 1030. The third kappa shape index (κ3) is 3.97. The minimum atomic E-state index is -0.0704. The standard InChI is InChI=1S/C21H21ClN4O2/c22-17-13-16(5-6-19(17)26-12-9-23-21(28)14-26)24-20(27)8-11-25-10-7-15-3-1-2-4-18(15)25/h1-7,10,13H,8-9,11-12,14H2,(H,23,28)(H,24,27). The molecule has 1 aliphatic rings. The maximum atomic E-state index is 12.4. The highest BCUT2D eigenvalue weighted by molar-refractivity contribution is 6.33. The summed E-state index contributed by atoms with van der Waals surface area (Å²) >= 11 is 6.39. The zero-order chi connectivity index (χ0) is 19.5. The van der Waals surface area contributed by atoms with Crippen molar-refractivity contribution in [2.45, 2.75) is 13.0 Å². The van der Waals surface area contributed by atoms with Crippen LogP contribution in [0.25, 0.3) is 10.9 Å². The topological polar surface area (TPSA) is 66.4 Å². The van der Waals surface area contributed by atoms with Gasteiger partial charge in [0.1, 0.15) is 0 Å². The van der Waals surface area contributed by atoms with Crippen LogP contribution in [0.1, 0.15) is 6.42 Å². The zero-order valence-corrected chi connectivity index (χ0v) is 16.1. The molecule has 0 bridgehead atoms. The first kappa shape index (κ1) is 18.4. The number of aromatic nitrogens is 1. The van der Waals surface area contributed by atoms with Crippen molar-refractivity contribution in [3.63, 3.8) is 0 Å². The Kier molecular flexibility index (Phi) is 5.21. The van der Waals surface area contributed by atoms with Gasteiger partial charge in [0.25, 0.3) is 0 Å². The van der Waals surface area contributed by atoms with E-state index in [0.717, 1.165) is 16.6 Å². The molecule has 6 nitrogen and oxygen atoms in total. The van der Waals surface area contributed by atoms with Crippen LogP contribution in [0, 0.1) is 0 Å². The number of fused-ring (bicyclic) bond motifs is 1. The molecule has 1 aliphatic heterocycles. The average Bonchev–Trinajstić information content (AvgIpc) is 3.10. The second-order valence-corrected chi connectivity index (χ2v) is 7.21. The summed E-state index contributed by atoms with van der Waals surface area (Å²) in [6.07, 6.45) is 2.36. The molecule has 2 N–H and O–H groups in total. The van der Waals surface area contributed by atoms with Gasteiger partial charge in [0.05, 0.1) is 17.3 Å². The average molecular weight is 397 g/mol. The number of piperazine rings is 1. The fourth-order valence-electron chi connectivity index (χ4n) is 3.47. The lowest BCUT2D eigenvalue weighted by Crippen LogP contribution is -2.47. The van der Waals surface area contributed by atoms with E-state index < -0.39 is 0 Å². The number of amides is 2. The number of nitrogens with one attached hydrogen (secondary N) is 2. The van der Waals surface area contributed by atoms with Gasteiger partial charge in [-0.25, -0.2) is 0 Å². The highest BCUT2D eigenvalue weighted by atomic mass is 35.5. The number of aryl methyl sites for hydroxylation is 1. The predicted octanol–water partition coefficient (Wildman–Crippen LogP) is 3.26. The number of rotatable bonds is 5. The van der Waals surface area contributed by atoms with Crippen molar-refractivity contribution in [1.29, 1.82) is 0 Å². The number of benzene rings is 2. The summed E-state index contributed by atoms with van der Waals surface area (Å²) in [5, 5.41) is 7.37. The first-order chi connectivity index (χ1) is 13.6. The monoisotopic (exact) mass is 396 g/mol. The number of halogens is 1. The van der Waals surface area contributed by atoms with Crippen LogP contribution < -0.4 is 15.5 Å². The molecule has 28 heavy (non-hydrogen) atoms. The van der Waals surface area contributed by atoms with Crippen molar-refractivity contribution in [3.8, 4) is 0 Å².